The van der Waals surface area contributed by atoms with Gasteiger partial charge in [-0.05, 0) is 48.8 Å². The van der Waals surface area contributed by atoms with Gasteiger partial charge in [-0.1, -0.05) is 0 Å². The second kappa shape index (κ2) is 8.00. The average molecular weight is 477 g/mol. The standard InChI is InChI=1S/C23H26F3N5O3/c1-29-16(10-19(30(29)2)23(24,25)26)21(33)31-7-4-22(5-8-31)11-15(22)12-28-20(32)17-9-14-3-6-27-13-18(14)34-17/h3,6,9-10,13,15-16H,4-5,7-8,11-12H2,1-2H3,(H,28,32). The molecular weight excluding hydrogens is 451 g/mol. The van der Waals surface area contributed by atoms with Gasteiger partial charge in [0.15, 0.2) is 11.3 Å². The highest BCUT2D eigenvalue weighted by Crippen LogP contribution is 2.59. The Hall–Kier alpha value is -3.08. The number of carbonyl (C=O) groups excluding carboxylic acids is 2. The normalized spacial score (nSPS) is 24.6. The third-order valence-electron chi connectivity index (χ3n) is 7.57. The number of rotatable bonds is 4. The number of alkyl halides is 3. The average Bonchev–Trinajstić information content (AvgIpc) is 3.13. The van der Waals surface area contributed by atoms with Gasteiger partial charge in [0.05, 0.1) is 6.20 Å². The number of piperidine rings is 1. The van der Waals surface area contributed by atoms with Gasteiger partial charge in [0.2, 0.25) is 5.91 Å². The topological polar surface area (TPSA) is 81.9 Å². The Balaban J connectivity index is 1.13. The van der Waals surface area contributed by atoms with Gasteiger partial charge < -0.3 is 19.6 Å². The van der Waals surface area contributed by atoms with Gasteiger partial charge in [0, 0.05) is 45.3 Å². The number of allylic oxidation sites excluding steroid dienone is 1. The van der Waals surface area contributed by atoms with E-state index >= 15 is 0 Å². The molecule has 8 nitrogen and oxygen atoms in total. The molecular formula is C23H26F3N5O3. The van der Waals surface area contributed by atoms with Crippen LogP contribution in [0.5, 0.6) is 0 Å². The van der Waals surface area contributed by atoms with Crippen LogP contribution < -0.4 is 5.32 Å². The molecule has 0 radical (unpaired) electrons. The summed E-state index contributed by atoms with van der Waals surface area (Å²) >= 11 is 0. The number of hydrogen-bond acceptors (Lipinski definition) is 6. The van der Waals surface area contributed by atoms with Crippen molar-refractivity contribution in [2.45, 2.75) is 31.5 Å². The molecule has 11 heteroatoms. The smallest absolute Gasteiger partial charge is 0.432 e. The zero-order chi connectivity index (χ0) is 24.3. The van der Waals surface area contributed by atoms with Crippen LogP contribution in [0.15, 0.2) is 40.7 Å². The van der Waals surface area contributed by atoms with E-state index in [0.29, 0.717) is 31.1 Å². The van der Waals surface area contributed by atoms with E-state index in [9.17, 15) is 22.8 Å². The molecule has 2 aromatic heterocycles. The Kier molecular flexibility index (Phi) is 5.34. The summed E-state index contributed by atoms with van der Waals surface area (Å²) in [6.45, 7) is 1.53. The van der Waals surface area contributed by atoms with Crippen molar-refractivity contribution in [2.75, 3.05) is 33.7 Å². The molecule has 1 aliphatic carbocycles. The van der Waals surface area contributed by atoms with E-state index in [1.807, 2.05) is 0 Å². The molecule has 1 spiro atoms. The fourth-order valence-corrected chi connectivity index (χ4v) is 5.22. The van der Waals surface area contributed by atoms with Gasteiger partial charge in [-0.2, -0.15) is 13.2 Å². The first-order chi connectivity index (χ1) is 16.1. The largest absolute Gasteiger partial charge is 0.449 e. The van der Waals surface area contributed by atoms with Crippen LogP contribution in [0.25, 0.3) is 11.0 Å². The predicted octanol–water partition coefficient (Wildman–Crippen LogP) is 2.79. The number of halogens is 3. The van der Waals surface area contributed by atoms with Gasteiger partial charge in [-0.15, -0.1) is 0 Å². The van der Waals surface area contributed by atoms with E-state index in [4.69, 9.17) is 4.42 Å². The van der Waals surface area contributed by atoms with E-state index in [-0.39, 0.29) is 23.0 Å². The third-order valence-corrected chi connectivity index (χ3v) is 7.57. The molecule has 2 aromatic rings. The maximum Gasteiger partial charge on any atom is 0.432 e. The van der Waals surface area contributed by atoms with Gasteiger partial charge >= 0.3 is 6.18 Å². The van der Waals surface area contributed by atoms with Crippen LogP contribution in [-0.2, 0) is 4.79 Å². The van der Waals surface area contributed by atoms with Gasteiger partial charge in [0.25, 0.3) is 5.91 Å². The van der Waals surface area contributed by atoms with Crippen LogP contribution in [0.1, 0.15) is 29.8 Å². The Morgan fingerprint density at radius 1 is 1.26 bits per heavy atom. The maximum atomic E-state index is 13.2. The summed E-state index contributed by atoms with van der Waals surface area (Å²) < 4.78 is 45.2. The third kappa shape index (κ3) is 3.91. The summed E-state index contributed by atoms with van der Waals surface area (Å²) in [6.07, 6.45) is 2.21. The molecule has 2 atom stereocenters. The van der Waals surface area contributed by atoms with Crippen molar-refractivity contribution in [3.63, 3.8) is 0 Å². The summed E-state index contributed by atoms with van der Waals surface area (Å²) in [5.41, 5.74) is -0.183. The van der Waals surface area contributed by atoms with Crippen LogP contribution in [0.2, 0.25) is 0 Å². The Bertz CT molecular complexity index is 1120. The number of likely N-dealkylation sites (N-methyl/N-ethyl adjacent to an activating group) is 1. The highest BCUT2D eigenvalue weighted by atomic mass is 19.4. The zero-order valence-corrected chi connectivity index (χ0v) is 18.9. The van der Waals surface area contributed by atoms with Crippen molar-refractivity contribution in [3.05, 3.63) is 42.1 Å². The molecule has 1 saturated carbocycles. The molecule has 4 heterocycles. The van der Waals surface area contributed by atoms with Gasteiger partial charge in [0.1, 0.15) is 11.7 Å². The SMILES string of the molecule is CN1C(C(F)(F)F)=CC(C(=O)N2CCC3(CC2)CC3CNC(=O)c2cc3ccncc3o2)N1C. The molecule has 2 unspecified atom stereocenters. The zero-order valence-electron chi connectivity index (χ0n) is 18.9. The lowest BCUT2D eigenvalue weighted by molar-refractivity contribution is -0.144. The van der Waals surface area contributed by atoms with Crippen molar-refractivity contribution in [1.82, 2.24) is 25.2 Å². The molecule has 1 saturated heterocycles. The number of fused-ring (bicyclic) bond motifs is 1. The molecule has 182 valence electrons. The Morgan fingerprint density at radius 3 is 2.65 bits per heavy atom. The summed E-state index contributed by atoms with van der Waals surface area (Å²) in [5.74, 6) is -0.0216. The molecule has 3 aliphatic rings. The number of nitrogens with zero attached hydrogens (tertiary/aromatic N) is 4. The van der Waals surface area contributed by atoms with Crippen LogP contribution in [0.3, 0.4) is 0 Å². The van der Waals surface area contributed by atoms with Gasteiger partial charge in [-0.3, -0.25) is 14.6 Å². The minimum Gasteiger partial charge on any atom is -0.449 e. The number of amides is 2. The lowest BCUT2D eigenvalue weighted by Crippen LogP contribution is -2.50. The predicted molar refractivity (Wildman–Crippen MR) is 116 cm³/mol. The second-order valence-electron chi connectivity index (χ2n) is 9.41. The van der Waals surface area contributed by atoms with Crippen molar-refractivity contribution < 1.29 is 27.2 Å². The maximum absolute atomic E-state index is 13.2. The summed E-state index contributed by atoms with van der Waals surface area (Å²) in [7, 11) is 2.80. The molecule has 2 fully saturated rings. The lowest BCUT2D eigenvalue weighted by Gasteiger charge is -2.36. The lowest BCUT2D eigenvalue weighted by atomic mass is 9.90. The minimum absolute atomic E-state index is 0.0766. The van der Waals surface area contributed by atoms with Crippen molar-refractivity contribution >= 4 is 22.8 Å². The number of hydrazine groups is 1. The first kappa shape index (κ1) is 22.7. The van der Waals surface area contributed by atoms with E-state index in [2.05, 4.69) is 10.3 Å². The van der Waals surface area contributed by atoms with Crippen LogP contribution in [0.4, 0.5) is 13.2 Å². The molecule has 0 bridgehead atoms. The van der Waals surface area contributed by atoms with Crippen LogP contribution in [0, 0.1) is 11.3 Å². The number of pyridine rings is 1. The molecule has 5 rings (SSSR count). The fourth-order valence-electron chi connectivity index (χ4n) is 5.22. The van der Waals surface area contributed by atoms with Gasteiger partial charge in [-0.25, -0.2) is 5.01 Å². The van der Waals surface area contributed by atoms with Crippen molar-refractivity contribution in [3.8, 4) is 0 Å². The molecule has 2 amide bonds. The number of nitrogens with one attached hydrogen (secondary N) is 1. The molecule has 34 heavy (non-hydrogen) atoms. The van der Waals surface area contributed by atoms with E-state index < -0.39 is 17.9 Å². The first-order valence-corrected chi connectivity index (χ1v) is 11.3. The van der Waals surface area contributed by atoms with E-state index in [1.54, 1.807) is 29.4 Å². The Labute approximate surface area is 194 Å². The second-order valence-corrected chi connectivity index (χ2v) is 9.41. The van der Waals surface area contributed by atoms with E-state index in [1.165, 1.54) is 19.1 Å². The summed E-state index contributed by atoms with van der Waals surface area (Å²) in [6, 6.07) is 2.51. The number of hydrogen-bond donors (Lipinski definition) is 1. The summed E-state index contributed by atoms with van der Waals surface area (Å²) in [4.78, 5) is 31.1. The minimum atomic E-state index is -4.51. The molecule has 2 aliphatic heterocycles. The van der Waals surface area contributed by atoms with Crippen molar-refractivity contribution in [2.24, 2.45) is 11.3 Å². The highest BCUT2D eigenvalue weighted by Gasteiger charge is 2.55. The quantitative estimate of drug-likeness (QED) is 0.730. The molecule has 1 N–H and O–H groups in total. The van der Waals surface area contributed by atoms with Crippen LogP contribution >= 0.6 is 0 Å². The van der Waals surface area contributed by atoms with Crippen LogP contribution in [-0.4, -0.2) is 77.7 Å². The Morgan fingerprint density at radius 2 is 2.00 bits per heavy atom. The highest BCUT2D eigenvalue weighted by molar-refractivity contribution is 5.95. The fraction of sp³-hybridized carbons (Fsp3) is 0.522. The monoisotopic (exact) mass is 477 g/mol. The number of carbonyl (C=O) groups is 2. The molecule has 0 aromatic carbocycles. The summed E-state index contributed by atoms with van der Waals surface area (Å²) in [5, 5.41) is 6.05. The van der Waals surface area contributed by atoms with E-state index in [0.717, 1.165) is 35.7 Å². The van der Waals surface area contributed by atoms with Crippen molar-refractivity contribution in [1.29, 1.82) is 0 Å². The number of aromatic nitrogens is 1. The first-order valence-electron chi connectivity index (χ1n) is 11.3. The number of furan rings is 1. The number of likely N-dealkylation sites (tertiary alicyclic amines) is 1.